The lowest BCUT2D eigenvalue weighted by Crippen LogP contribution is -2.29. The van der Waals surface area contributed by atoms with Crippen molar-refractivity contribution in [3.8, 4) is 5.75 Å². The molecule has 3 heterocycles. The van der Waals surface area contributed by atoms with Crippen LogP contribution < -0.4 is 10.3 Å². The zero-order valence-electron chi connectivity index (χ0n) is 23.5. The Labute approximate surface area is 236 Å². The summed E-state index contributed by atoms with van der Waals surface area (Å²) in [6.45, 7) is 7.98. The lowest BCUT2D eigenvalue weighted by molar-refractivity contribution is -0.138. The Kier molecular flexibility index (Phi) is 8.90. The third-order valence-corrected chi connectivity index (χ3v) is 6.60. The minimum Gasteiger partial charge on any atom is -0.492 e. The van der Waals surface area contributed by atoms with Gasteiger partial charge in [0.1, 0.15) is 34.9 Å². The number of alkyl halides is 3. The van der Waals surface area contributed by atoms with Gasteiger partial charge in [0.15, 0.2) is 0 Å². The molecule has 3 aromatic heterocycles. The lowest BCUT2D eigenvalue weighted by atomic mass is 10.0. The van der Waals surface area contributed by atoms with E-state index in [2.05, 4.69) is 9.98 Å². The van der Waals surface area contributed by atoms with Crippen molar-refractivity contribution in [3.63, 3.8) is 0 Å². The van der Waals surface area contributed by atoms with Crippen LogP contribution in [0.15, 0.2) is 76.5 Å². The Morgan fingerprint density at radius 2 is 1.93 bits per heavy atom. The monoisotopic (exact) mass is 564 g/mol. The molecule has 0 amide bonds. The smallest absolute Gasteiger partial charge is 0.421 e. The molecule has 4 aromatic rings. The number of para-hydroxylation sites is 1. The maximum absolute atomic E-state index is 13.3. The van der Waals surface area contributed by atoms with Gasteiger partial charge in [-0.05, 0) is 69.7 Å². The number of rotatable bonds is 9. The summed E-state index contributed by atoms with van der Waals surface area (Å²) in [5, 5.41) is 0.825. The van der Waals surface area contributed by atoms with Crippen molar-refractivity contribution in [1.29, 1.82) is 0 Å². The molecule has 0 fully saturated rings. The van der Waals surface area contributed by atoms with Gasteiger partial charge in [0.05, 0.1) is 18.8 Å². The molecular formula is C31H31F3N4O3. The Bertz CT molecular complexity index is 1690. The van der Waals surface area contributed by atoms with Crippen molar-refractivity contribution >= 4 is 16.6 Å². The van der Waals surface area contributed by atoms with Crippen molar-refractivity contribution in [2.75, 3.05) is 13.7 Å². The Morgan fingerprint density at radius 3 is 2.61 bits per heavy atom. The number of aromatic nitrogens is 3. The second-order valence-electron chi connectivity index (χ2n) is 9.32. The second-order valence-corrected chi connectivity index (χ2v) is 9.32. The molecule has 4 rings (SSSR count). The Hall–Kier alpha value is -4.47. The quantitative estimate of drug-likeness (QED) is 0.173. The molecule has 0 saturated heterocycles. The van der Waals surface area contributed by atoms with Crippen LogP contribution in [0.5, 0.6) is 5.75 Å². The predicted molar refractivity (Wildman–Crippen MR) is 152 cm³/mol. The number of aryl methyl sites for hydroxylation is 2. The van der Waals surface area contributed by atoms with E-state index in [9.17, 15) is 18.0 Å². The molecule has 7 nitrogen and oxygen atoms in total. The van der Waals surface area contributed by atoms with E-state index < -0.39 is 17.3 Å². The molecule has 0 bridgehead atoms. The molecule has 10 heteroatoms. The second kappa shape index (κ2) is 12.4. The first-order valence-electron chi connectivity index (χ1n) is 13.1. The molecule has 0 atom stereocenters. The molecule has 0 spiro atoms. The number of ether oxygens (including phenoxy) is 2. The molecule has 41 heavy (non-hydrogen) atoms. The Balaban J connectivity index is 1.71. The molecule has 1 aromatic carbocycles. The van der Waals surface area contributed by atoms with Gasteiger partial charge in [-0.25, -0.2) is 4.98 Å². The SMILES string of the molecule is C/C=C(OCC)\C(=N/C)c1cc(C)nc2c(OCc3c(C)ccnc3Cn3cccc(C(F)(F)F)c3=O)cccc12. The van der Waals surface area contributed by atoms with E-state index in [1.807, 2.05) is 58.0 Å². The van der Waals surface area contributed by atoms with Crippen molar-refractivity contribution in [1.82, 2.24) is 14.5 Å². The third kappa shape index (κ3) is 6.32. The molecule has 0 radical (unpaired) electrons. The van der Waals surface area contributed by atoms with Gasteiger partial charge in [0, 0.05) is 41.6 Å². The number of nitrogens with zero attached hydrogens (tertiary/aromatic N) is 4. The van der Waals surface area contributed by atoms with E-state index in [0.29, 0.717) is 40.6 Å². The summed E-state index contributed by atoms with van der Waals surface area (Å²) in [6, 6.07) is 11.3. The number of hydrogen-bond donors (Lipinski definition) is 0. The van der Waals surface area contributed by atoms with Gasteiger partial charge in [0.25, 0.3) is 5.56 Å². The summed E-state index contributed by atoms with van der Waals surface area (Å²) < 4.78 is 53.0. The minimum atomic E-state index is -4.75. The number of aliphatic imine (C=N–C) groups is 1. The van der Waals surface area contributed by atoms with Crippen molar-refractivity contribution in [2.24, 2.45) is 4.99 Å². The van der Waals surface area contributed by atoms with Gasteiger partial charge in [-0.15, -0.1) is 0 Å². The zero-order valence-corrected chi connectivity index (χ0v) is 23.5. The molecule has 0 N–H and O–H groups in total. The van der Waals surface area contributed by atoms with Crippen LogP contribution in [-0.4, -0.2) is 33.9 Å². The highest BCUT2D eigenvalue weighted by atomic mass is 19.4. The van der Waals surface area contributed by atoms with Crippen molar-refractivity contribution < 1.29 is 22.6 Å². The van der Waals surface area contributed by atoms with Crippen LogP contribution in [0.1, 0.15) is 47.5 Å². The van der Waals surface area contributed by atoms with Crippen LogP contribution in [-0.2, 0) is 24.1 Å². The van der Waals surface area contributed by atoms with Gasteiger partial charge in [-0.3, -0.25) is 14.8 Å². The summed E-state index contributed by atoms with van der Waals surface area (Å²) in [5.74, 6) is 1.18. The minimum absolute atomic E-state index is 0.0700. The first kappa shape index (κ1) is 29.5. The number of pyridine rings is 3. The molecule has 0 aliphatic heterocycles. The molecule has 0 aliphatic rings. The highest BCUT2D eigenvalue weighted by molar-refractivity contribution is 6.18. The molecule has 0 unspecified atom stereocenters. The van der Waals surface area contributed by atoms with Crippen LogP contribution >= 0.6 is 0 Å². The predicted octanol–water partition coefficient (Wildman–Crippen LogP) is 6.41. The standard InChI is InChI=1S/C31H31F3N4O3/c1-6-26(40-7-2)28(35-5)22-16-20(4)37-29-21(22)10-8-12-27(29)41-18-23-19(3)13-14-36-25(23)17-38-15-9-11-24(30(38)39)31(32,33)34/h6,8-16H,7,17-18H2,1-5H3/b26-6+,35-28-. The zero-order chi connectivity index (χ0) is 29.7. The summed E-state index contributed by atoms with van der Waals surface area (Å²) in [7, 11) is 1.71. The average molecular weight is 565 g/mol. The van der Waals surface area contributed by atoms with E-state index in [-0.39, 0.29) is 13.2 Å². The first-order chi connectivity index (χ1) is 19.6. The van der Waals surface area contributed by atoms with E-state index in [0.717, 1.165) is 32.8 Å². The summed E-state index contributed by atoms with van der Waals surface area (Å²) in [6.07, 6.45) is 0.00333. The van der Waals surface area contributed by atoms with Crippen LogP contribution in [0.3, 0.4) is 0 Å². The highest BCUT2D eigenvalue weighted by Gasteiger charge is 2.34. The Morgan fingerprint density at radius 1 is 1.15 bits per heavy atom. The first-order valence-corrected chi connectivity index (χ1v) is 13.1. The summed E-state index contributed by atoms with van der Waals surface area (Å²) in [5.41, 5.74) is 2.53. The molecule has 0 aliphatic carbocycles. The maximum atomic E-state index is 13.3. The number of allylic oxidation sites excluding steroid dienone is 2. The van der Waals surface area contributed by atoms with Crippen molar-refractivity contribution in [2.45, 2.75) is 47.0 Å². The fourth-order valence-electron chi connectivity index (χ4n) is 4.64. The molecule has 214 valence electrons. The topological polar surface area (TPSA) is 78.6 Å². The van der Waals surface area contributed by atoms with Gasteiger partial charge in [0.2, 0.25) is 0 Å². The van der Waals surface area contributed by atoms with Gasteiger partial charge in [-0.1, -0.05) is 12.1 Å². The van der Waals surface area contributed by atoms with Crippen molar-refractivity contribution in [3.05, 3.63) is 111 Å². The number of fused-ring (bicyclic) bond motifs is 1. The van der Waals surface area contributed by atoms with Gasteiger partial charge in [-0.2, -0.15) is 13.2 Å². The molecule has 0 saturated carbocycles. The number of benzene rings is 1. The van der Waals surface area contributed by atoms with E-state index in [1.165, 1.54) is 12.3 Å². The number of halogens is 3. The third-order valence-electron chi connectivity index (χ3n) is 6.60. The van der Waals surface area contributed by atoms with Gasteiger partial charge >= 0.3 is 6.18 Å². The van der Waals surface area contributed by atoms with E-state index in [1.54, 1.807) is 19.3 Å². The fraction of sp³-hybridized carbons (Fsp3) is 0.290. The van der Waals surface area contributed by atoms with Crippen LogP contribution in [0.4, 0.5) is 13.2 Å². The highest BCUT2D eigenvalue weighted by Crippen LogP contribution is 2.30. The van der Waals surface area contributed by atoms with E-state index >= 15 is 0 Å². The van der Waals surface area contributed by atoms with E-state index in [4.69, 9.17) is 14.5 Å². The van der Waals surface area contributed by atoms with Crippen LogP contribution in [0.2, 0.25) is 0 Å². The number of hydrogen-bond acceptors (Lipinski definition) is 6. The summed E-state index contributed by atoms with van der Waals surface area (Å²) in [4.78, 5) is 26.2. The van der Waals surface area contributed by atoms with Crippen LogP contribution in [0, 0.1) is 13.8 Å². The van der Waals surface area contributed by atoms with Gasteiger partial charge < -0.3 is 14.0 Å². The maximum Gasteiger partial charge on any atom is 0.421 e. The molecular weight excluding hydrogens is 533 g/mol. The average Bonchev–Trinajstić information content (AvgIpc) is 2.93. The largest absolute Gasteiger partial charge is 0.492 e. The fourth-order valence-corrected chi connectivity index (χ4v) is 4.64. The van der Waals surface area contributed by atoms with Crippen LogP contribution in [0.25, 0.3) is 10.9 Å². The lowest BCUT2D eigenvalue weighted by Gasteiger charge is -2.17. The normalized spacial score (nSPS) is 12.6. The summed E-state index contributed by atoms with van der Waals surface area (Å²) >= 11 is 0.